The Morgan fingerprint density at radius 2 is 0.609 bits per heavy atom. The van der Waals surface area contributed by atoms with E-state index in [9.17, 15) is 35.1 Å². The van der Waals surface area contributed by atoms with Crippen molar-refractivity contribution in [1.29, 1.82) is 0 Å². The average Bonchev–Trinajstić information content (AvgIpc) is 2.97. The van der Waals surface area contributed by atoms with Crippen LogP contribution in [-0.2, 0) is 0 Å². The van der Waals surface area contributed by atoms with Gasteiger partial charge in [0, 0.05) is 24.3 Å². The standard InChI is InChI=1S/C24H4BF16.C4H11N/c26-5-1-9(30)17(34)21(38)13(5)25(14-6(27)2-10(31)18(35)22(14)39,15-7(28)3-11(32)19(36)23(15)40)16-8(29)4-12(33)20(37)24(16)41;1-2-3-4-5/h1-4H;2-5H2,1H3/q-1;/p+1. The van der Waals surface area contributed by atoms with E-state index in [1.165, 1.54) is 12.8 Å². The molecule has 3 N–H and O–H groups in total. The first-order valence-electron chi connectivity index (χ1n) is 12.7. The fourth-order valence-electron chi connectivity index (χ4n) is 5.02. The summed E-state index contributed by atoms with van der Waals surface area (Å²) in [6.07, 6.45) is -3.62. The number of rotatable bonds is 6. The molecule has 0 saturated carbocycles. The van der Waals surface area contributed by atoms with Crippen molar-refractivity contribution in [2.24, 2.45) is 0 Å². The fourth-order valence-corrected chi connectivity index (χ4v) is 5.02. The van der Waals surface area contributed by atoms with Crippen LogP contribution < -0.4 is 27.6 Å². The Labute approximate surface area is 248 Å². The van der Waals surface area contributed by atoms with Crippen LogP contribution in [0.25, 0.3) is 0 Å². The van der Waals surface area contributed by atoms with Gasteiger partial charge in [0.05, 0.1) is 29.8 Å². The van der Waals surface area contributed by atoms with Crippen LogP contribution in [-0.4, -0.2) is 12.7 Å². The predicted molar refractivity (Wildman–Crippen MR) is 132 cm³/mol. The Bertz CT molecular complexity index is 1570. The van der Waals surface area contributed by atoms with Crippen LogP contribution in [0.15, 0.2) is 24.3 Å². The third-order valence-electron chi connectivity index (χ3n) is 6.93. The molecule has 0 heterocycles. The molecule has 0 saturated heterocycles. The topological polar surface area (TPSA) is 27.6 Å². The minimum atomic E-state index is -6.18. The number of halogens is 16. The molecule has 46 heavy (non-hydrogen) atoms. The Balaban J connectivity index is 0.00000107. The van der Waals surface area contributed by atoms with Crippen LogP contribution in [0, 0.1) is 93.1 Å². The van der Waals surface area contributed by atoms with Gasteiger partial charge < -0.3 is 5.73 Å². The molecule has 0 aromatic heterocycles. The average molecular weight is 681 g/mol. The zero-order valence-electron chi connectivity index (χ0n) is 22.8. The molecule has 0 aliphatic carbocycles. The van der Waals surface area contributed by atoms with Crippen LogP contribution in [0.1, 0.15) is 19.8 Å². The minimum absolute atomic E-state index is 0.731. The lowest BCUT2D eigenvalue weighted by Gasteiger charge is -2.44. The Kier molecular flexibility index (Phi) is 10.8. The highest BCUT2D eigenvalue weighted by Crippen LogP contribution is 2.27. The lowest BCUT2D eigenvalue weighted by molar-refractivity contribution is -0.368. The number of unbranched alkanes of at least 4 members (excludes halogenated alkanes) is 1. The molecule has 0 bridgehead atoms. The quantitative estimate of drug-likeness (QED) is 0.124. The zero-order chi connectivity index (χ0) is 35.0. The van der Waals surface area contributed by atoms with E-state index < -0.39 is 145 Å². The SMILES string of the molecule is CCCC[NH3+].Fc1cc(F)c([B-](c2c(F)cc(F)c(F)c2F)(c2c(F)cc(F)c(F)c2F)c2c(F)cc(F)c(F)c2F)c(F)c1F. The van der Waals surface area contributed by atoms with Crippen LogP contribution in [0.3, 0.4) is 0 Å². The van der Waals surface area contributed by atoms with Crippen LogP contribution in [0.2, 0.25) is 0 Å². The molecule has 0 amide bonds. The van der Waals surface area contributed by atoms with E-state index in [-0.39, 0.29) is 0 Å². The molecule has 4 aromatic carbocycles. The van der Waals surface area contributed by atoms with E-state index in [2.05, 4.69) is 12.7 Å². The first-order valence-corrected chi connectivity index (χ1v) is 12.7. The second kappa shape index (κ2) is 13.6. The summed E-state index contributed by atoms with van der Waals surface area (Å²) in [5, 5.41) is 0. The van der Waals surface area contributed by atoms with E-state index in [1.54, 1.807) is 0 Å². The summed E-state index contributed by atoms with van der Waals surface area (Å²) in [6.45, 7) is 3.27. The van der Waals surface area contributed by atoms with Crippen molar-refractivity contribution >= 4 is 28.0 Å². The van der Waals surface area contributed by atoms with Crippen molar-refractivity contribution < 1.29 is 76.0 Å². The van der Waals surface area contributed by atoms with Crippen molar-refractivity contribution in [3.05, 3.63) is 117 Å². The van der Waals surface area contributed by atoms with Gasteiger partial charge in [-0.15, -0.1) is 21.9 Å². The summed E-state index contributed by atoms with van der Waals surface area (Å²) in [5.41, 5.74) is -7.27. The lowest BCUT2D eigenvalue weighted by Crippen LogP contribution is -2.80. The molecule has 0 fully saturated rings. The van der Waals surface area contributed by atoms with Gasteiger partial charge in [-0.3, -0.25) is 0 Å². The largest absolute Gasteiger partial charge is 0.358 e. The second-order valence-corrected chi connectivity index (χ2v) is 9.60. The predicted octanol–water partition coefficient (Wildman–Crippen LogP) is 5.32. The van der Waals surface area contributed by atoms with E-state index in [0.717, 1.165) is 6.54 Å². The molecule has 4 aromatic rings. The summed E-state index contributed by atoms with van der Waals surface area (Å²) in [4.78, 5) is 0. The van der Waals surface area contributed by atoms with Gasteiger partial charge in [0.2, 0.25) is 0 Å². The first-order chi connectivity index (χ1) is 21.4. The summed E-state index contributed by atoms with van der Waals surface area (Å²) >= 11 is 0. The molecule has 18 heteroatoms. The number of quaternary nitrogens is 1. The number of hydrogen-bond donors (Lipinski definition) is 1. The van der Waals surface area contributed by atoms with E-state index in [1.807, 2.05) is 0 Å². The van der Waals surface area contributed by atoms with Crippen molar-refractivity contribution in [1.82, 2.24) is 0 Å². The molecule has 4 rings (SSSR count). The van der Waals surface area contributed by atoms with Gasteiger partial charge in [0.1, 0.15) is 29.4 Å². The maximum atomic E-state index is 15.3. The molecule has 1 nitrogen and oxygen atoms in total. The van der Waals surface area contributed by atoms with Gasteiger partial charge in [-0.2, -0.15) is 0 Å². The minimum Gasteiger partial charge on any atom is -0.358 e. The van der Waals surface area contributed by atoms with E-state index in [0.29, 0.717) is 0 Å². The zero-order valence-corrected chi connectivity index (χ0v) is 22.8. The molecule has 0 spiro atoms. The number of hydrogen-bond acceptors (Lipinski definition) is 0. The van der Waals surface area contributed by atoms with Gasteiger partial charge in [0.25, 0.3) is 0 Å². The normalized spacial score (nSPS) is 11.5. The van der Waals surface area contributed by atoms with Crippen LogP contribution in [0.4, 0.5) is 70.2 Å². The van der Waals surface area contributed by atoms with Crippen molar-refractivity contribution in [3.63, 3.8) is 0 Å². The van der Waals surface area contributed by atoms with Crippen molar-refractivity contribution in [3.8, 4) is 0 Å². The lowest BCUT2D eigenvalue weighted by atomic mass is 9.12. The molecular formula is C28H16BF16N. The molecule has 248 valence electrons. The Hall–Kier alpha value is -4.22. The Morgan fingerprint density at radius 3 is 0.761 bits per heavy atom. The smallest absolute Gasteiger partial charge is 0.191 e. The molecule has 0 atom stereocenters. The summed E-state index contributed by atoms with van der Waals surface area (Å²) in [6, 6.07) is -2.92. The van der Waals surface area contributed by atoms with Crippen LogP contribution >= 0.6 is 0 Å². The van der Waals surface area contributed by atoms with Gasteiger partial charge in [0.15, 0.2) is 46.5 Å². The van der Waals surface area contributed by atoms with Gasteiger partial charge >= 0.3 is 0 Å². The monoisotopic (exact) mass is 681 g/mol. The number of benzene rings is 4. The van der Waals surface area contributed by atoms with Gasteiger partial charge in [-0.25, -0.2) is 70.2 Å². The highest BCUT2D eigenvalue weighted by molar-refractivity contribution is 7.20. The molecule has 0 radical (unpaired) electrons. The van der Waals surface area contributed by atoms with E-state index >= 15 is 35.1 Å². The van der Waals surface area contributed by atoms with Crippen molar-refractivity contribution in [2.45, 2.75) is 19.8 Å². The highest BCUT2D eigenvalue weighted by Gasteiger charge is 2.49. The van der Waals surface area contributed by atoms with E-state index in [4.69, 9.17) is 0 Å². The molecule has 0 unspecified atom stereocenters. The molecular weight excluding hydrogens is 665 g/mol. The van der Waals surface area contributed by atoms with Crippen LogP contribution in [0.5, 0.6) is 0 Å². The second-order valence-electron chi connectivity index (χ2n) is 9.60. The molecule has 0 aliphatic rings. The fraction of sp³-hybridized carbons (Fsp3) is 0.143. The first kappa shape index (κ1) is 36.3. The summed E-state index contributed by atoms with van der Waals surface area (Å²) in [7, 11) is 0. The maximum absolute atomic E-state index is 15.3. The summed E-state index contributed by atoms with van der Waals surface area (Å²) in [5.74, 6) is -45.1. The third kappa shape index (κ3) is 5.78. The highest BCUT2D eigenvalue weighted by atomic mass is 19.2. The molecule has 0 aliphatic heterocycles. The van der Waals surface area contributed by atoms with Crippen molar-refractivity contribution in [2.75, 3.05) is 6.54 Å². The van der Waals surface area contributed by atoms with Gasteiger partial charge in [-0.05, 0) is 6.42 Å². The maximum Gasteiger partial charge on any atom is 0.191 e. The third-order valence-corrected chi connectivity index (χ3v) is 6.93. The summed E-state index contributed by atoms with van der Waals surface area (Å²) < 4.78 is 235. The Morgan fingerprint density at radius 1 is 0.391 bits per heavy atom. The van der Waals surface area contributed by atoms with Gasteiger partial charge in [-0.1, -0.05) is 13.3 Å².